The summed E-state index contributed by atoms with van der Waals surface area (Å²) in [7, 11) is 0. The lowest BCUT2D eigenvalue weighted by Gasteiger charge is -2.00. The molecular formula is C16H16N4. The number of anilines is 1. The molecule has 0 radical (unpaired) electrons. The molecule has 100 valence electrons. The third-order valence-electron chi connectivity index (χ3n) is 3.31. The van der Waals surface area contributed by atoms with E-state index in [9.17, 15) is 0 Å². The molecule has 0 fully saturated rings. The van der Waals surface area contributed by atoms with Crippen LogP contribution in [0, 0.1) is 0 Å². The molecule has 0 amide bonds. The van der Waals surface area contributed by atoms with Gasteiger partial charge < -0.3 is 5.73 Å². The van der Waals surface area contributed by atoms with Crippen LogP contribution in [-0.4, -0.2) is 15.0 Å². The van der Waals surface area contributed by atoms with E-state index in [1.165, 1.54) is 5.56 Å². The Labute approximate surface area is 117 Å². The van der Waals surface area contributed by atoms with Crippen LogP contribution in [0.5, 0.6) is 0 Å². The maximum atomic E-state index is 5.68. The minimum atomic E-state index is 0.740. The van der Waals surface area contributed by atoms with Gasteiger partial charge in [0.05, 0.1) is 11.9 Å². The lowest BCUT2D eigenvalue weighted by molar-refractivity contribution is 0.804. The van der Waals surface area contributed by atoms with Crippen molar-refractivity contribution < 1.29 is 0 Å². The molecule has 4 heteroatoms. The predicted molar refractivity (Wildman–Crippen MR) is 80.6 cm³/mol. The molecule has 0 spiro atoms. The van der Waals surface area contributed by atoms with Gasteiger partial charge in [0.25, 0.3) is 0 Å². The van der Waals surface area contributed by atoms with Gasteiger partial charge in [0.1, 0.15) is 5.69 Å². The molecule has 0 saturated heterocycles. The molecule has 0 atom stereocenters. The Morgan fingerprint density at radius 3 is 2.35 bits per heavy atom. The van der Waals surface area contributed by atoms with Gasteiger partial charge in [-0.2, -0.15) is 0 Å². The largest absolute Gasteiger partial charge is 0.399 e. The van der Waals surface area contributed by atoms with Crippen molar-refractivity contribution in [2.24, 2.45) is 0 Å². The summed E-state index contributed by atoms with van der Waals surface area (Å²) in [4.78, 5) is 0. The first-order chi connectivity index (χ1) is 9.76. The summed E-state index contributed by atoms with van der Waals surface area (Å²) in [6, 6.07) is 16.0. The molecule has 3 rings (SSSR count). The number of hydrogen-bond acceptors (Lipinski definition) is 3. The summed E-state index contributed by atoms with van der Waals surface area (Å²) >= 11 is 0. The molecule has 2 aromatic carbocycles. The molecule has 0 aliphatic rings. The lowest BCUT2D eigenvalue weighted by Crippen LogP contribution is -1.95. The topological polar surface area (TPSA) is 56.7 Å². The van der Waals surface area contributed by atoms with Gasteiger partial charge >= 0.3 is 0 Å². The second-order valence-corrected chi connectivity index (χ2v) is 4.69. The number of rotatable bonds is 3. The highest BCUT2D eigenvalue weighted by molar-refractivity contribution is 5.58. The molecule has 20 heavy (non-hydrogen) atoms. The Morgan fingerprint density at radius 2 is 1.70 bits per heavy atom. The standard InChI is InChI=1S/C16H16N4/c1-2-12-3-5-13(6-4-12)16-11-20(19-18-16)15-9-7-14(17)8-10-15/h3-11H,2,17H2,1H3. The number of aromatic nitrogens is 3. The fourth-order valence-electron chi connectivity index (χ4n) is 2.06. The zero-order valence-electron chi connectivity index (χ0n) is 11.3. The van der Waals surface area contributed by atoms with Crippen LogP contribution in [0.15, 0.2) is 54.7 Å². The van der Waals surface area contributed by atoms with E-state index in [1.807, 2.05) is 30.5 Å². The SMILES string of the molecule is CCc1ccc(-c2cn(-c3ccc(N)cc3)nn2)cc1. The molecule has 2 N–H and O–H groups in total. The van der Waals surface area contributed by atoms with Crippen LogP contribution in [0.25, 0.3) is 16.9 Å². The smallest absolute Gasteiger partial charge is 0.113 e. The van der Waals surface area contributed by atoms with Crippen molar-refractivity contribution in [3.05, 3.63) is 60.3 Å². The Balaban J connectivity index is 1.91. The number of nitrogens with zero attached hydrogens (tertiary/aromatic N) is 3. The molecule has 0 aliphatic carbocycles. The van der Waals surface area contributed by atoms with Crippen molar-refractivity contribution in [1.82, 2.24) is 15.0 Å². The summed E-state index contributed by atoms with van der Waals surface area (Å²) in [5.41, 5.74) is 10.6. The van der Waals surface area contributed by atoms with Gasteiger partial charge in [-0.05, 0) is 36.2 Å². The van der Waals surface area contributed by atoms with E-state index < -0.39 is 0 Å². The maximum Gasteiger partial charge on any atom is 0.113 e. The molecule has 3 aromatic rings. The van der Waals surface area contributed by atoms with Crippen molar-refractivity contribution in [2.75, 3.05) is 5.73 Å². The first-order valence-electron chi connectivity index (χ1n) is 6.64. The summed E-state index contributed by atoms with van der Waals surface area (Å²) in [6.45, 7) is 2.15. The maximum absolute atomic E-state index is 5.68. The first-order valence-corrected chi connectivity index (χ1v) is 6.64. The normalized spacial score (nSPS) is 10.7. The van der Waals surface area contributed by atoms with Gasteiger partial charge in [-0.15, -0.1) is 5.10 Å². The third kappa shape index (κ3) is 2.40. The Hall–Kier alpha value is -2.62. The molecule has 1 heterocycles. The first kappa shape index (κ1) is 12.4. The number of benzene rings is 2. The number of nitrogen functional groups attached to an aromatic ring is 1. The summed E-state index contributed by atoms with van der Waals surface area (Å²) < 4.78 is 1.75. The minimum Gasteiger partial charge on any atom is -0.399 e. The van der Waals surface area contributed by atoms with Gasteiger partial charge in [0, 0.05) is 11.3 Å². The number of hydrogen-bond donors (Lipinski definition) is 1. The highest BCUT2D eigenvalue weighted by Gasteiger charge is 2.05. The lowest BCUT2D eigenvalue weighted by atomic mass is 10.1. The summed E-state index contributed by atoms with van der Waals surface area (Å²) in [6.07, 6.45) is 2.96. The zero-order valence-corrected chi connectivity index (χ0v) is 11.3. The second-order valence-electron chi connectivity index (χ2n) is 4.69. The molecule has 0 saturated carbocycles. The predicted octanol–water partition coefficient (Wildman–Crippen LogP) is 3.08. The summed E-state index contributed by atoms with van der Waals surface area (Å²) in [5, 5.41) is 8.38. The van der Waals surface area contributed by atoms with Crippen LogP contribution in [-0.2, 0) is 6.42 Å². The van der Waals surface area contributed by atoms with E-state index in [2.05, 4.69) is 41.5 Å². The number of nitrogens with two attached hydrogens (primary N) is 1. The molecular weight excluding hydrogens is 248 g/mol. The van der Waals surface area contributed by atoms with E-state index in [0.29, 0.717) is 0 Å². The van der Waals surface area contributed by atoms with Crippen LogP contribution in [0.1, 0.15) is 12.5 Å². The monoisotopic (exact) mass is 264 g/mol. The van der Waals surface area contributed by atoms with Crippen molar-refractivity contribution in [1.29, 1.82) is 0 Å². The fourth-order valence-corrected chi connectivity index (χ4v) is 2.06. The van der Waals surface area contributed by atoms with E-state index in [-0.39, 0.29) is 0 Å². The van der Waals surface area contributed by atoms with Crippen molar-refractivity contribution >= 4 is 5.69 Å². The Kier molecular flexibility index (Phi) is 3.21. The minimum absolute atomic E-state index is 0.740. The zero-order chi connectivity index (χ0) is 13.9. The van der Waals surface area contributed by atoms with Crippen LogP contribution in [0.3, 0.4) is 0 Å². The van der Waals surface area contributed by atoms with Gasteiger partial charge in [-0.3, -0.25) is 0 Å². The van der Waals surface area contributed by atoms with Crippen LogP contribution >= 0.6 is 0 Å². The van der Waals surface area contributed by atoms with Gasteiger partial charge in [-0.25, -0.2) is 4.68 Å². The van der Waals surface area contributed by atoms with E-state index in [0.717, 1.165) is 29.1 Å². The molecule has 0 aliphatic heterocycles. The Bertz CT molecular complexity index is 696. The van der Waals surface area contributed by atoms with Crippen LogP contribution < -0.4 is 5.73 Å². The second kappa shape index (κ2) is 5.17. The van der Waals surface area contributed by atoms with Crippen molar-refractivity contribution in [3.63, 3.8) is 0 Å². The van der Waals surface area contributed by atoms with Crippen molar-refractivity contribution in [3.8, 4) is 16.9 Å². The highest BCUT2D eigenvalue weighted by atomic mass is 15.4. The van der Waals surface area contributed by atoms with Gasteiger partial charge in [-0.1, -0.05) is 36.4 Å². The quantitative estimate of drug-likeness (QED) is 0.740. The van der Waals surface area contributed by atoms with E-state index >= 15 is 0 Å². The van der Waals surface area contributed by atoms with Crippen molar-refractivity contribution in [2.45, 2.75) is 13.3 Å². The highest BCUT2D eigenvalue weighted by Crippen LogP contribution is 2.19. The van der Waals surface area contributed by atoms with Gasteiger partial charge in [0.2, 0.25) is 0 Å². The average Bonchev–Trinajstić information content (AvgIpc) is 2.98. The molecule has 0 unspecified atom stereocenters. The van der Waals surface area contributed by atoms with E-state index in [1.54, 1.807) is 4.68 Å². The van der Waals surface area contributed by atoms with E-state index in [4.69, 9.17) is 5.73 Å². The fraction of sp³-hybridized carbons (Fsp3) is 0.125. The van der Waals surface area contributed by atoms with Crippen LogP contribution in [0.2, 0.25) is 0 Å². The Morgan fingerprint density at radius 1 is 1.00 bits per heavy atom. The van der Waals surface area contributed by atoms with Gasteiger partial charge in [0.15, 0.2) is 0 Å². The summed E-state index contributed by atoms with van der Waals surface area (Å²) in [5.74, 6) is 0. The molecule has 1 aromatic heterocycles. The third-order valence-corrected chi connectivity index (χ3v) is 3.31. The van der Waals surface area contributed by atoms with Crippen LogP contribution in [0.4, 0.5) is 5.69 Å². The molecule has 0 bridgehead atoms. The number of aryl methyl sites for hydroxylation is 1. The average molecular weight is 264 g/mol. The molecule has 4 nitrogen and oxygen atoms in total.